The monoisotopic (exact) mass is 225 g/mol. The fourth-order valence-corrected chi connectivity index (χ4v) is 1.66. The molecule has 2 aromatic rings. The molecule has 0 bridgehead atoms. The summed E-state index contributed by atoms with van der Waals surface area (Å²) in [5, 5.41) is 12.2. The molecule has 0 spiro atoms. The second-order valence-electron chi connectivity index (χ2n) is 2.76. The molecule has 0 aliphatic carbocycles. The van der Waals surface area contributed by atoms with Crippen LogP contribution in [0.25, 0.3) is 0 Å². The molecule has 78 valence electrons. The first kappa shape index (κ1) is 9.91. The van der Waals surface area contributed by atoms with Crippen LogP contribution < -0.4 is 5.32 Å². The van der Waals surface area contributed by atoms with Gasteiger partial charge in [-0.3, -0.25) is 0 Å². The van der Waals surface area contributed by atoms with E-state index in [0.29, 0.717) is 6.54 Å². The van der Waals surface area contributed by atoms with Crippen LogP contribution in [0.1, 0.15) is 10.0 Å². The molecule has 0 saturated heterocycles. The average Bonchev–Trinajstić information content (AvgIpc) is 2.63. The summed E-state index contributed by atoms with van der Waals surface area (Å²) in [6.07, 6.45) is 2.73. The zero-order valence-corrected chi connectivity index (χ0v) is 8.75. The van der Waals surface area contributed by atoms with E-state index in [0.717, 1.165) is 10.0 Å². The lowest BCUT2D eigenvalue weighted by atomic mass is 10.6. The van der Waals surface area contributed by atoms with Gasteiger partial charge in [-0.05, 0) is 6.92 Å². The number of anilines is 1. The van der Waals surface area contributed by atoms with E-state index in [1.54, 1.807) is 0 Å². The Labute approximate surface area is 89.4 Å². The molecule has 2 rings (SSSR count). The lowest BCUT2D eigenvalue weighted by molar-refractivity contribution is 0.580. The summed E-state index contributed by atoms with van der Waals surface area (Å²) in [4.78, 5) is 7.28. The minimum atomic E-state index is -0.612. The van der Waals surface area contributed by atoms with Crippen molar-refractivity contribution in [3.63, 3.8) is 0 Å². The van der Waals surface area contributed by atoms with Crippen LogP contribution in [0, 0.1) is 12.9 Å². The van der Waals surface area contributed by atoms with Crippen molar-refractivity contribution in [2.24, 2.45) is 0 Å². The molecule has 0 atom stereocenters. The van der Waals surface area contributed by atoms with Crippen molar-refractivity contribution < 1.29 is 4.39 Å². The lowest BCUT2D eigenvalue weighted by Gasteiger charge is -2.01. The third-order valence-electron chi connectivity index (χ3n) is 1.63. The highest BCUT2D eigenvalue weighted by atomic mass is 32.1. The van der Waals surface area contributed by atoms with Gasteiger partial charge in [0.15, 0.2) is 5.82 Å². The number of aryl methyl sites for hydroxylation is 1. The molecule has 0 aliphatic heterocycles. The largest absolute Gasteiger partial charge is 0.360 e. The SMILES string of the molecule is Cc1nnc(CNc2nccnc2F)s1. The standard InChI is InChI=1S/C8H8FN5S/c1-5-13-14-6(15-5)4-12-8-7(9)10-2-3-11-8/h2-3H,4H2,1H3,(H,11,12). The Hall–Kier alpha value is -1.63. The van der Waals surface area contributed by atoms with Crippen LogP contribution in [0.15, 0.2) is 12.4 Å². The van der Waals surface area contributed by atoms with Gasteiger partial charge in [0.05, 0.1) is 6.54 Å². The van der Waals surface area contributed by atoms with Crippen LogP contribution in [-0.2, 0) is 6.54 Å². The molecule has 0 saturated carbocycles. The first-order chi connectivity index (χ1) is 7.25. The average molecular weight is 225 g/mol. The van der Waals surface area contributed by atoms with Gasteiger partial charge < -0.3 is 5.32 Å². The summed E-state index contributed by atoms with van der Waals surface area (Å²) in [6.45, 7) is 2.27. The number of hydrogen-bond acceptors (Lipinski definition) is 6. The molecule has 0 amide bonds. The lowest BCUT2D eigenvalue weighted by Crippen LogP contribution is -2.04. The Morgan fingerprint density at radius 2 is 2.13 bits per heavy atom. The molecule has 1 N–H and O–H groups in total. The molecule has 7 heteroatoms. The van der Waals surface area contributed by atoms with Crippen LogP contribution >= 0.6 is 11.3 Å². The maximum absolute atomic E-state index is 13.0. The highest BCUT2D eigenvalue weighted by molar-refractivity contribution is 7.11. The van der Waals surface area contributed by atoms with Crippen molar-refractivity contribution in [2.45, 2.75) is 13.5 Å². The molecule has 2 heterocycles. The third kappa shape index (κ3) is 2.44. The summed E-state index contributed by atoms with van der Waals surface area (Å²) in [5.41, 5.74) is 0. The second kappa shape index (κ2) is 4.26. The zero-order valence-electron chi connectivity index (χ0n) is 7.94. The fraction of sp³-hybridized carbons (Fsp3) is 0.250. The predicted molar refractivity (Wildman–Crippen MR) is 54.0 cm³/mol. The molecule has 2 aromatic heterocycles. The van der Waals surface area contributed by atoms with E-state index in [2.05, 4.69) is 25.5 Å². The number of rotatable bonds is 3. The third-order valence-corrected chi connectivity index (χ3v) is 2.47. The van der Waals surface area contributed by atoms with Gasteiger partial charge in [0.1, 0.15) is 10.0 Å². The molecule has 15 heavy (non-hydrogen) atoms. The van der Waals surface area contributed by atoms with Crippen molar-refractivity contribution in [3.8, 4) is 0 Å². The van der Waals surface area contributed by atoms with E-state index >= 15 is 0 Å². The molecule has 0 fully saturated rings. The second-order valence-corrected chi connectivity index (χ2v) is 4.03. The minimum absolute atomic E-state index is 0.130. The van der Waals surface area contributed by atoms with Gasteiger partial charge in [-0.2, -0.15) is 4.39 Å². The number of hydrogen-bond donors (Lipinski definition) is 1. The van der Waals surface area contributed by atoms with Crippen LogP contribution in [0.2, 0.25) is 0 Å². The Bertz CT molecular complexity index is 458. The predicted octanol–water partition coefficient (Wildman–Crippen LogP) is 1.39. The van der Waals surface area contributed by atoms with Crippen molar-refractivity contribution >= 4 is 17.2 Å². The Morgan fingerprint density at radius 3 is 2.80 bits per heavy atom. The van der Waals surface area contributed by atoms with Gasteiger partial charge in [-0.25, -0.2) is 9.97 Å². The zero-order chi connectivity index (χ0) is 10.7. The molecular formula is C8H8FN5S. The van der Waals surface area contributed by atoms with Crippen molar-refractivity contribution in [1.82, 2.24) is 20.2 Å². The molecular weight excluding hydrogens is 217 g/mol. The highest BCUT2D eigenvalue weighted by Gasteiger charge is 2.05. The minimum Gasteiger partial charge on any atom is -0.360 e. The Kier molecular flexibility index (Phi) is 2.82. The van der Waals surface area contributed by atoms with E-state index < -0.39 is 5.95 Å². The van der Waals surface area contributed by atoms with Gasteiger partial charge >= 0.3 is 0 Å². The quantitative estimate of drug-likeness (QED) is 0.855. The van der Waals surface area contributed by atoms with Gasteiger partial charge in [0, 0.05) is 12.4 Å². The molecule has 0 radical (unpaired) electrons. The first-order valence-electron chi connectivity index (χ1n) is 4.25. The molecule has 5 nitrogen and oxygen atoms in total. The van der Waals surface area contributed by atoms with Crippen LogP contribution in [0.5, 0.6) is 0 Å². The number of aromatic nitrogens is 4. The summed E-state index contributed by atoms with van der Waals surface area (Å²) < 4.78 is 13.0. The van der Waals surface area contributed by atoms with E-state index in [4.69, 9.17) is 0 Å². The van der Waals surface area contributed by atoms with Crippen molar-refractivity contribution in [3.05, 3.63) is 28.4 Å². The van der Waals surface area contributed by atoms with Gasteiger partial charge in [0.25, 0.3) is 5.95 Å². The first-order valence-corrected chi connectivity index (χ1v) is 5.06. The van der Waals surface area contributed by atoms with Crippen LogP contribution in [0.3, 0.4) is 0 Å². The van der Waals surface area contributed by atoms with E-state index in [9.17, 15) is 4.39 Å². The maximum atomic E-state index is 13.0. The Balaban J connectivity index is 2.02. The van der Waals surface area contributed by atoms with Gasteiger partial charge in [-0.15, -0.1) is 10.2 Å². The smallest absolute Gasteiger partial charge is 0.255 e. The number of nitrogens with one attached hydrogen (secondary N) is 1. The maximum Gasteiger partial charge on any atom is 0.255 e. The van der Waals surface area contributed by atoms with Crippen LogP contribution in [-0.4, -0.2) is 20.2 Å². The molecule has 0 unspecified atom stereocenters. The number of nitrogens with zero attached hydrogens (tertiary/aromatic N) is 4. The summed E-state index contributed by atoms with van der Waals surface area (Å²) >= 11 is 1.46. The normalized spacial score (nSPS) is 10.3. The highest BCUT2D eigenvalue weighted by Crippen LogP contribution is 2.11. The van der Waals surface area contributed by atoms with E-state index in [-0.39, 0.29) is 5.82 Å². The van der Waals surface area contributed by atoms with E-state index in [1.165, 1.54) is 23.7 Å². The van der Waals surface area contributed by atoms with Gasteiger partial charge in [-0.1, -0.05) is 11.3 Å². The van der Waals surface area contributed by atoms with E-state index in [1.807, 2.05) is 6.92 Å². The van der Waals surface area contributed by atoms with Gasteiger partial charge in [0.2, 0.25) is 0 Å². The summed E-state index contributed by atoms with van der Waals surface area (Å²) in [5.74, 6) is -0.482. The molecule has 0 aliphatic rings. The fourth-order valence-electron chi connectivity index (χ4n) is 1.01. The topological polar surface area (TPSA) is 63.6 Å². The number of halogens is 1. The van der Waals surface area contributed by atoms with Crippen LogP contribution in [0.4, 0.5) is 10.2 Å². The summed E-state index contributed by atoms with van der Waals surface area (Å²) in [6, 6.07) is 0. The summed E-state index contributed by atoms with van der Waals surface area (Å²) in [7, 11) is 0. The van der Waals surface area contributed by atoms with Crippen molar-refractivity contribution in [2.75, 3.05) is 5.32 Å². The molecule has 0 aromatic carbocycles. The van der Waals surface area contributed by atoms with Crippen molar-refractivity contribution in [1.29, 1.82) is 0 Å². The Morgan fingerprint density at radius 1 is 1.33 bits per heavy atom.